The van der Waals surface area contributed by atoms with Crippen LogP contribution in [0.3, 0.4) is 0 Å². The van der Waals surface area contributed by atoms with E-state index < -0.39 is 0 Å². The lowest BCUT2D eigenvalue weighted by atomic mass is 10.1. The summed E-state index contributed by atoms with van der Waals surface area (Å²) >= 11 is 0. The van der Waals surface area contributed by atoms with Crippen LogP contribution >= 0.6 is 0 Å². The monoisotopic (exact) mass is 525 g/mol. The van der Waals surface area contributed by atoms with Gasteiger partial charge in [-0.25, -0.2) is 9.97 Å². The lowest BCUT2D eigenvalue weighted by Crippen LogP contribution is -2.19. The van der Waals surface area contributed by atoms with Crippen LogP contribution in [0.2, 0.25) is 0 Å². The van der Waals surface area contributed by atoms with Gasteiger partial charge < -0.3 is 24.8 Å². The van der Waals surface area contributed by atoms with Crippen molar-refractivity contribution in [3.8, 4) is 17.0 Å². The van der Waals surface area contributed by atoms with Gasteiger partial charge in [-0.3, -0.25) is 9.69 Å². The molecule has 3 heterocycles. The molecule has 0 spiro atoms. The zero-order chi connectivity index (χ0) is 27.4. The maximum atomic E-state index is 12.8. The molecule has 202 valence electrons. The molecule has 5 rings (SSSR count). The Morgan fingerprint density at radius 1 is 1.13 bits per heavy atom. The van der Waals surface area contributed by atoms with Crippen LogP contribution in [0.25, 0.3) is 22.2 Å². The summed E-state index contributed by atoms with van der Waals surface area (Å²) in [6.45, 7) is 2.97. The van der Waals surface area contributed by atoms with Gasteiger partial charge in [-0.2, -0.15) is 0 Å². The number of fused-ring (bicyclic) bond motifs is 1. The molecule has 4 aromatic rings. The molecule has 0 bridgehead atoms. The lowest BCUT2D eigenvalue weighted by molar-refractivity contribution is -0.111. The summed E-state index contributed by atoms with van der Waals surface area (Å²) in [4.78, 5) is 26.3. The minimum absolute atomic E-state index is 0.178. The van der Waals surface area contributed by atoms with Crippen molar-refractivity contribution in [2.75, 3.05) is 56.4 Å². The first-order valence-corrected chi connectivity index (χ1v) is 13.2. The standard InChI is InChI=1S/C30H35N7O2/c1-35(2)27-19-28(39-4)25(18-24(27)32-29(38)12-9-17-37-15-7-8-16-37)34-30-31-14-13-23(33-30)22-20-36(3)26-11-6-5-10-21(22)26/h5-6,9-14,18-20H,7-8,15-17H2,1-4H3,(H,32,38)(H,31,33,34)/b12-9+. The maximum Gasteiger partial charge on any atom is 0.248 e. The van der Waals surface area contributed by atoms with E-state index >= 15 is 0 Å². The van der Waals surface area contributed by atoms with Gasteiger partial charge in [-0.1, -0.05) is 24.3 Å². The summed E-state index contributed by atoms with van der Waals surface area (Å²) in [7, 11) is 7.50. The number of benzene rings is 2. The third kappa shape index (κ3) is 5.88. The van der Waals surface area contributed by atoms with Gasteiger partial charge in [0.1, 0.15) is 5.75 Å². The molecular formula is C30H35N7O2. The number of hydrogen-bond donors (Lipinski definition) is 2. The van der Waals surface area contributed by atoms with Crippen LogP contribution in [-0.2, 0) is 11.8 Å². The number of methoxy groups -OCH3 is 1. The van der Waals surface area contributed by atoms with E-state index in [9.17, 15) is 4.79 Å². The SMILES string of the molecule is COc1cc(N(C)C)c(NC(=O)/C=C/CN2CCCC2)cc1Nc1nccc(-c2cn(C)c3ccccc23)n1. The second-order valence-corrected chi connectivity index (χ2v) is 9.92. The molecule has 9 heteroatoms. The molecule has 1 aliphatic heterocycles. The summed E-state index contributed by atoms with van der Waals surface area (Å²) in [5.74, 6) is 0.863. The smallest absolute Gasteiger partial charge is 0.248 e. The van der Waals surface area contributed by atoms with Crippen LogP contribution in [0, 0.1) is 0 Å². The van der Waals surface area contributed by atoms with E-state index in [0.29, 0.717) is 23.1 Å². The zero-order valence-electron chi connectivity index (χ0n) is 22.9. The van der Waals surface area contributed by atoms with E-state index in [2.05, 4.69) is 43.4 Å². The number of carbonyl (C=O) groups excluding carboxylic acids is 1. The second-order valence-electron chi connectivity index (χ2n) is 9.92. The molecule has 1 saturated heterocycles. The number of carbonyl (C=O) groups is 1. The number of para-hydroxylation sites is 1. The van der Waals surface area contributed by atoms with Crippen LogP contribution in [0.1, 0.15) is 12.8 Å². The quantitative estimate of drug-likeness (QED) is 0.296. The first-order chi connectivity index (χ1) is 18.9. The number of hydrogen-bond acceptors (Lipinski definition) is 7. The van der Waals surface area contributed by atoms with Gasteiger partial charge in [0.15, 0.2) is 0 Å². The Hall–Kier alpha value is -4.37. The zero-order valence-corrected chi connectivity index (χ0v) is 22.9. The molecule has 9 nitrogen and oxygen atoms in total. The molecule has 0 aliphatic carbocycles. The Balaban J connectivity index is 1.41. The summed E-state index contributed by atoms with van der Waals surface area (Å²) < 4.78 is 7.78. The van der Waals surface area contributed by atoms with Crippen LogP contribution in [0.5, 0.6) is 5.75 Å². The molecule has 2 aromatic carbocycles. The number of anilines is 4. The van der Waals surface area contributed by atoms with Gasteiger partial charge in [0.05, 0.1) is 29.9 Å². The molecule has 0 saturated carbocycles. The number of nitrogens with one attached hydrogen (secondary N) is 2. The molecule has 0 unspecified atom stereocenters. The molecule has 39 heavy (non-hydrogen) atoms. The Morgan fingerprint density at radius 2 is 1.92 bits per heavy atom. The number of ether oxygens (including phenoxy) is 1. The molecule has 1 aliphatic rings. The van der Waals surface area contributed by atoms with Crippen molar-refractivity contribution in [3.63, 3.8) is 0 Å². The Kier molecular flexibility index (Phi) is 7.79. The fourth-order valence-electron chi connectivity index (χ4n) is 4.99. The average molecular weight is 526 g/mol. The summed E-state index contributed by atoms with van der Waals surface area (Å²) in [6.07, 6.45) is 9.79. The van der Waals surface area contributed by atoms with E-state index in [1.807, 2.05) is 62.5 Å². The van der Waals surface area contributed by atoms with Crippen molar-refractivity contribution in [2.24, 2.45) is 7.05 Å². The number of nitrogens with zero attached hydrogens (tertiary/aromatic N) is 5. The van der Waals surface area contributed by atoms with Gasteiger partial charge in [0, 0.05) is 68.7 Å². The molecule has 2 aromatic heterocycles. The van der Waals surface area contributed by atoms with E-state index in [-0.39, 0.29) is 5.91 Å². The fraction of sp³-hybridized carbons (Fsp3) is 0.300. The van der Waals surface area contributed by atoms with E-state index in [1.165, 1.54) is 12.8 Å². The van der Waals surface area contributed by atoms with E-state index in [0.717, 1.165) is 47.5 Å². The van der Waals surface area contributed by atoms with Crippen molar-refractivity contribution >= 4 is 39.8 Å². The molecule has 2 N–H and O–H groups in total. The van der Waals surface area contributed by atoms with E-state index in [1.54, 1.807) is 19.4 Å². The summed E-state index contributed by atoms with van der Waals surface area (Å²) in [5.41, 5.74) is 5.10. The lowest BCUT2D eigenvalue weighted by Gasteiger charge is -2.21. The largest absolute Gasteiger partial charge is 0.494 e. The Bertz CT molecular complexity index is 1500. The van der Waals surface area contributed by atoms with Crippen LogP contribution in [0.15, 0.2) is 67.0 Å². The highest BCUT2D eigenvalue weighted by Crippen LogP contribution is 2.38. The van der Waals surface area contributed by atoms with Crippen molar-refractivity contribution in [1.29, 1.82) is 0 Å². The van der Waals surface area contributed by atoms with Crippen molar-refractivity contribution in [1.82, 2.24) is 19.4 Å². The minimum Gasteiger partial charge on any atom is -0.494 e. The predicted octanol–water partition coefficient (Wildman–Crippen LogP) is 5.04. The first-order valence-electron chi connectivity index (χ1n) is 13.2. The highest BCUT2D eigenvalue weighted by atomic mass is 16.5. The highest BCUT2D eigenvalue weighted by Gasteiger charge is 2.16. The molecular weight excluding hydrogens is 490 g/mol. The van der Waals surface area contributed by atoms with Gasteiger partial charge in [0.2, 0.25) is 11.9 Å². The van der Waals surface area contributed by atoms with Crippen LogP contribution in [-0.4, -0.2) is 66.2 Å². The number of aryl methyl sites for hydroxylation is 1. The van der Waals surface area contributed by atoms with Crippen molar-refractivity contribution < 1.29 is 9.53 Å². The van der Waals surface area contributed by atoms with Crippen molar-refractivity contribution in [3.05, 3.63) is 67.0 Å². The van der Waals surface area contributed by atoms with Gasteiger partial charge in [0.25, 0.3) is 0 Å². The highest BCUT2D eigenvalue weighted by molar-refractivity contribution is 6.02. The Morgan fingerprint density at radius 3 is 2.69 bits per heavy atom. The van der Waals surface area contributed by atoms with Gasteiger partial charge in [-0.15, -0.1) is 0 Å². The van der Waals surface area contributed by atoms with Gasteiger partial charge >= 0.3 is 0 Å². The number of aromatic nitrogens is 3. The minimum atomic E-state index is -0.178. The molecule has 0 radical (unpaired) electrons. The number of rotatable bonds is 9. The van der Waals surface area contributed by atoms with Crippen LogP contribution in [0.4, 0.5) is 23.0 Å². The second kappa shape index (κ2) is 11.6. The summed E-state index contributed by atoms with van der Waals surface area (Å²) in [6, 6.07) is 13.9. The number of amides is 1. The first kappa shape index (κ1) is 26.2. The normalized spacial score (nSPS) is 13.7. The molecule has 0 atom stereocenters. The predicted molar refractivity (Wildman–Crippen MR) is 158 cm³/mol. The fourth-order valence-corrected chi connectivity index (χ4v) is 4.99. The average Bonchev–Trinajstić information content (AvgIpc) is 3.57. The Labute approximate surface area is 229 Å². The topological polar surface area (TPSA) is 87.5 Å². The third-order valence-corrected chi connectivity index (χ3v) is 6.96. The van der Waals surface area contributed by atoms with Gasteiger partial charge in [-0.05, 0) is 44.1 Å². The maximum absolute atomic E-state index is 12.8. The molecule has 1 fully saturated rings. The van der Waals surface area contributed by atoms with E-state index in [4.69, 9.17) is 9.72 Å². The third-order valence-electron chi connectivity index (χ3n) is 6.96. The summed E-state index contributed by atoms with van der Waals surface area (Å²) in [5, 5.41) is 7.46. The number of likely N-dealkylation sites (tertiary alicyclic amines) is 1. The molecule has 1 amide bonds. The van der Waals surface area contributed by atoms with Crippen molar-refractivity contribution in [2.45, 2.75) is 12.8 Å². The van der Waals surface area contributed by atoms with Crippen LogP contribution < -0.4 is 20.3 Å².